The SMILES string of the molecule is COc1ccc2cc(C(c3nnnn3Cc3ccccc3)N3CCN(Cc4ccccc4)CC3)c(=O)[nH]c2c1. The van der Waals surface area contributed by atoms with E-state index in [0.717, 1.165) is 49.2 Å². The molecule has 1 saturated heterocycles. The molecule has 9 heteroatoms. The van der Waals surface area contributed by atoms with E-state index in [4.69, 9.17) is 4.74 Å². The van der Waals surface area contributed by atoms with E-state index in [9.17, 15) is 4.79 Å². The summed E-state index contributed by atoms with van der Waals surface area (Å²) in [4.78, 5) is 21.4. The smallest absolute Gasteiger partial charge is 0.253 e. The molecule has 5 aromatic rings. The van der Waals surface area contributed by atoms with E-state index >= 15 is 0 Å². The number of aromatic amines is 1. The molecule has 1 N–H and O–H groups in total. The Balaban J connectivity index is 1.35. The van der Waals surface area contributed by atoms with Gasteiger partial charge in [-0.25, -0.2) is 4.68 Å². The van der Waals surface area contributed by atoms with Crippen LogP contribution in [0, 0.1) is 0 Å². The first-order chi connectivity index (χ1) is 19.2. The Bertz CT molecular complexity index is 1590. The molecule has 1 unspecified atom stereocenters. The minimum Gasteiger partial charge on any atom is -0.497 e. The van der Waals surface area contributed by atoms with Crippen molar-refractivity contribution >= 4 is 10.9 Å². The van der Waals surface area contributed by atoms with Gasteiger partial charge >= 0.3 is 0 Å². The molecule has 0 saturated carbocycles. The highest BCUT2D eigenvalue weighted by Gasteiger charge is 2.32. The van der Waals surface area contributed by atoms with Crippen molar-refractivity contribution in [2.75, 3.05) is 33.3 Å². The van der Waals surface area contributed by atoms with Gasteiger partial charge in [0.1, 0.15) is 11.8 Å². The standard InChI is InChI=1S/C30H31N7O2/c1-39-25-13-12-24-18-26(30(38)31-27(24)19-25)28(29-32-33-34-37(29)21-23-10-6-3-7-11-23)36-16-14-35(15-17-36)20-22-8-4-2-5-9-22/h2-13,18-19,28H,14-17,20-21H2,1H3,(H,31,38). The van der Waals surface area contributed by atoms with Crippen molar-refractivity contribution in [1.29, 1.82) is 0 Å². The molecule has 1 aliphatic heterocycles. The second-order valence-electron chi connectivity index (χ2n) is 9.89. The van der Waals surface area contributed by atoms with Crippen molar-refractivity contribution in [3.8, 4) is 5.75 Å². The third-order valence-corrected chi connectivity index (χ3v) is 7.38. The lowest BCUT2D eigenvalue weighted by Gasteiger charge is -2.38. The van der Waals surface area contributed by atoms with E-state index < -0.39 is 6.04 Å². The van der Waals surface area contributed by atoms with Crippen LogP contribution in [-0.2, 0) is 13.1 Å². The van der Waals surface area contributed by atoms with Gasteiger partial charge in [-0.1, -0.05) is 60.7 Å². The van der Waals surface area contributed by atoms with Crippen molar-refractivity contribution in [3.05, 3.63) is 118 Å². The maximum Gasteiger partial charge on any atom is 0.253 e. The van der Waals surface area contributed by atoms with Crippen LogP contribution in [0.3, 0.4) is 0 Å². The van der Waals surface area contributed by atoms with E-state index in [-0.39, 0.29) is 5.56 Å². The molecule has 0 amide bonds. The number of hydrogen-bond donors (Lipinski definition) is 1. The van der Waals surface area contributed by atoms with Crippen LogP contribution in [0.25, 0.3) is 10.9 Å². The van der Waals surface area contributed by atoms with Gasteiger partial charge < -0.3 is 9.72 Å². The van der Waals surface area contributed by atoms with Crippen LogP contribution in [0.2, 0.25) is 0 Å². The van der Waals surface area contributed by atoms with E-state index in [1.807, 2.05) is 53.2 Å². The molecule has 6 rings (SSSR count). The third kappa shape index (κ3) is 5.45. The lowest BCUT2D eigenvalue weighted by molar-refractivity contribution is 0.0998. The fourth-order valence-electron chi connectivity index (χ4n) is 5.32. The highest BCUT2D eigenvalue weighted by molar-refractivity contribution is 5.80. The first kappa shape index (κ1) is 25.0. The molecule has 0 radical (unpaired) electrons. The fraction of sp³-hybridized carbons (Fsp3) is 0.267. The van der Waals surface area contributed by atoms with Crippen LogP contribution in [-0.4, -0.2) is 68.3 Å². The van der Waals surface area contributed by atoms with E-state index in [1.54, 1.807) is 7.11 Å². The molecule has 1 atom stereocenters. The lowest BCUT2D eigenvalue weighted by Crippen LogP contribution is -2.48. The summed E-state index contributed by atoms with van der Waals surface area (Å²) >= 11 is 0. The highest BCUT2D eigenvalue weighted by atomic mass is 16.5. The Kier molecular flexibility index (Phi) is 7.16. The van der Waals surface area contributed by atoms with Crippen molar-refractivity contribution in [3.63, 3.8) is 0 Å². The van der Waals surface area contributed by atoms with Crippen LogP contribution < -0.4 is 10.3 Å². The summed E-state index contributed by atoms with van der Waals surface area (Å²) in [6.07, 6.45) is 0. The van der Waals surface area contributed by atoms with Gasteiger partial charge in [-0.15, -0.1) is 5.10 Å². The summed E-state index contributed by atoms with van der Waals surface area (Å²) in [7, 11) is 1.62. The average molecular weight is 522 g/mol. The van der Waals surface area contributed by atoms with Crippen molar-refractivity contribution < 1.29 is 4.74 Å². The molecule has 3 heterocycles. The van der Waals surface area contributed by atoms with Crippen LogP contribution in [0.5, 0.6) is 5.75 Å². The summed E-state index contributed by atoms with van der Waals surface area (Å²) in [6.45, 7) is 4.77. The highest BCUT2D eigenvalue weighted by Crippen LogP contribution is 2.29. The molecular weight excluding hydrogens is 490 g/mol. The zero-order valence-corrected chi connectivity index (χ0v) is 21.9. The van der Waals surface area contributed by atoms with Crippen LogP contribution in [0.4, 0.5) is 0 Å². The maximum absolute atomic E-state index is 13.6. The number of rotatable bonds is 8. The number of H-pyrrole nitrogens is 1. The Morgan fingerprint density at radius 1 is 0.872 bits per heavy atom. The summed E-state index contributed by atoms with van der Waals surface area (Å²) < 4.78 is 7.17. The molecule has 39 heavy (non-hydrogen) atoms. The number of ether oxygens (including phenoxy) is 1. The Morgan fingerprint density at radius 3 is 2.26 bits per heavy atom. The molecule has 0 spiro atoms. The van der Waals surface area contributed by atoms with Gasteiger partial charge in [0.25, 0.3) is 5.56 Å². The van der Waals surface area contributed by atoms with Crippen molar-refractivity contribution in [1.82, 2.24) is 35.0 Å². The summed E-state index contributed by atoms with van der Waals surface area (Å²) in [5.41, 5.74) is 3.61. The van der Waals surface area contributed by atoms with Crippen molar-refractivity contribution in [2.24, 2.45) is 0 Å². The summed E-state index contributed by atoms with van der Waals surface area (Å²) in [5.74, 6) is 1.36. The number of aromatic nitrogens is 5. The largest absolute Gasteiger partial charge is 0.497 e. The van der Waals surface area contributed by atoms with Crippen LogP contribution in [0.1, 0.15) is 28.6 Å². The molecule has 0 aliphatic carbocycles. The molecule has 2 aromatic heterocycles. The number of fused-ring (bicyclic) bond motifs is 1. The number of hydrogen-bond acceptors (Lipinski definition) is 7. The zero-order valence-electron chi connectivity index (χ0n) is 21.9. The number of nitrogens with one attached hydrogen (secondary N) is 1. The first-order valence-corrected chi connectivity index (χ1v) is 13.2. The minimum absolute atomic E-state index is 0.151. The second-order valence-corrected chi connectivity index (χ2v) is 9.89. The van der Waals surface area contributed by atoms with Crippen LogP contribution >= 0.6 is 0 Å². The summed E-state index contributed by atoms with van der Waals surface area (Å²) in [5, 5.41) is 13.8. The monoisotopic (exact) mass is 521 g/mol. The predicted octanol–water partition coefficient (Wildman–Crippen LogP) is 3.48. The van der Waals surface area contributed by atoms with Gasteiger partial charge in [-0.2, -0.15) is 0 Å². The minimum atomic E-state index is -0.391. The number of nitrogens with zero attached hydrogens (tertiary/aromatic N) is 6. The summed E-state index contributed by atoms with van der Waals surface area (Å²) in [6, 6.07) is 27.9. The molecule has 1 aliphatic rings. The van der Waals surface area contributed by atoms with Gasteiger partial charge in [-0.05, 0) is 45.1 Å². The Labute approximate surface area is 226 Å². The van der Waals surface area contributed by atoms with E-state index in [2.05, 4.69) is 66.7 Å². The number of benzene rings is 3. The van der Waals surface area contributed by atoms with Crippen molar-refractivity contribution in [2.45, 2.75) is 19.1 Å². The Morgan fingerprint density at radius 2 is 1.56 bits per heavy atom. The number of methoxy groups -OCH3 is 1. The third-order valence-electron chi connectivity index (χ3n) is 7.38. The quantitative estimate of drug-likeness (QED) is 0.334. The number of pyridine rings is 1. The van der Waals surface area contributed by atoms with Gasteiger partial charge in [-0.3, -0.25) is 14.6 Å². The lowest BCUT2D eigenvalue weighted by atomic mass is 10.0. The predicted molar refractivity (Wildman–Crippen MR) is 150 cm³/mol. The molecule has 198 valence electrons. The van der Waals surface area contributed by atoms with Gasteiger partial charge in [0.2, 0.25) is 0 Å². The van der Waals surface area contributed by atoms with E-state index in [1.165, 1.54) is 5.56 Å². The molecule has 0 bridgehead atoms. The maximum atomic E-state index is 13.6. The average Bonchev–Trinajstić information content (AvgIpc) is 3.42. The first-order valence-electron chi connectivity index (χ1n) is 13.2. The van der Waals surface area contributed by atoms with Gasteiger partial charge in [0.05, 0.1) is 19.2 Å². The van der Waals surface area contributed by atoms with Gasteiger partial charge in [0, 0.05) is 44.4 Å². The fourth-order valence-corrected chi connectivity index (χ4v) is 5.32. The normalized spacial score (nSPS) is 15.4. The van der Waals surface area contributed by atoms with Crippen LogP contribution in [0.15, 0.2) is 89.7 Å². The molecular formula is C30H31N7O2. The number of piperazine rings is 1. The Hall–Kier alpha value is -4.34. The zero-order chi connectivity index (χ0) is 26.6. The number of tetrazole rings is 1. The molecule has 3 aromatic carbocycles. The van der Waals surface area contributed by atoms with E-state index in [0.29, 0.717) is 23.7 Å². The van der Waals surface area contributed by atoms with Gasteiger partial charge in [0.15, 0.2) is 5.82 Å². The second kappa shape index (κ2) is 11.2. The molecule has 1 fully saturated rings. The molecule has 9 nitrogen and oxygen atoms in total. The topological polar surface area (TPSA) is 92.2 Å².